The molecule has 6 unspecified atom stereocenters. The Kier molecular flexibility index (Phi) is 12.5. The minimum absolute atomic E-state index is 0.0324. The molecule has 1 aromatic carbocycles. The number of rotatable bonds is 15. The first-order valence-electron chi connectivity index (χ1n) is 12.3. The van der Waals surface area contributed by atoms with Gasteiger partial charge in [0.05, 0.1) is 12.5 Å². The first-order valence-corrected chi connectivity index (χ1v) is 12.3. The number of hydrogen-bond acceptors (Lipinski definition) is 7. The Hall–Kier alpha value is -3.67. The van der Waals surface area contributed by atoms with Crippen LogP contribution in [0.4, 0.5) is 0 Å². The number of nitrogens with two attached hydrogens (primary N) is 2. The predicted molar refractivity (Wildman–Crippen MR) is 136 cm³/mol. The number of aliphatic carboxylic acids is 1. The standard InChI is InChI=1S/C25H39N5O7/c1-5-13(3)20(27)23(34)28-17(11-15-7-9-16(31)10-8-15)22(33)30-21(14(4)6-2)24(35)29-18(25(36)37)12-19(26)32/h7-10,13-14,17-18,20-21,31H,5-6,11-12,27H2,1-4H3,(H2,26,32)(H,28,34)(H,29,35)(H,30,33)(H,36,37). The average Bonchev–Trinajstić information content (AvgIpc) is 2.85. The number of hydrogen-bond donors (Lipinski definition) is 7. The van der Waals surface area contributed by atoms with Gasteiger partial charge in [0.15, 0.2) is 0 Å². The summed E-state index contributed by atoms with van der Waals surface area (Å²) in [5.41, 5.74) is 11.8. The van der Waals surface area contributed by atoms with Gasteiger partial charge in [-0.15, -0.1) is 0 Å². The van der Waals surface area contributed by atoms with Gasteiger partial charge in [0.1, 0.15) is 23.9 Å². The van der Waals surface area contributed by atoms with E-state index in [0.717, 1.165) is 0 Å². The molecule has 206 valence electrons. The second kappa shape index (κ2) is 14.8. The summed E-state index contributed by atoms with van der Waals surface area (Å²) >= 11 is 0. The van der Waals surface area contributed by atoms with Crippen molar-refractivity contribution in [3.63, 3.8) is 0 Å². The minimum atomic E-state index is -1.56. The number of carboxylic acids is 1. The van der Waals surface area contributed by atoms with E-state index in [-0.39, 0.29) is 18.1 Å². The van der Waals surface area contributed by atoms with Crippen LogP contribution in [-0.2, 0) is 30.4 Å². The molecule has 0 aliphatic rings. The van der Waals surface area contributed by atoms with Gasteiger partial charge in [0.25, 0.3) is 0 Å². The zero-order chi connectivity index (χ0) is 28.3. The summed E-state index contributed by atoms with van der Waals surface area (Å²) in [7, 11) is 0. The molecule has 6 atom stereocenters. The van der Waals surface area contributed by atoms with E-state index in [1.807, 2.05) is 13.8 Å². The Balaban J connectivity index is 3.19. The van der Waals surface area contributed by atoms with Crippen molar-refractivity contribution in [2.75, 3.05) is 0 Å². The van der Waals surface area contributed by atoms with E-state index in [1.54, 1.807) is 26.0 Å². The molecule has 0 bridgehead atoms. The van der Waals surface area contributed by atoms with Gasteiger partial charge < -0.3 is 37.6 Å². The lowest BCUT2D eigenvalue weighted by Gasteiger charge is -2.28. The first-order chi connectivity index (χ1) is 17.3. The Labute approximate surface area is 216 Å². The molecule has 4 amide bonds. The van der Waals surface area contributed by atoms with Crippen LogP contribution in [0.25, 0.3) is 0 Å². The molecule has 12 nitrogen and oxygen atoms in total. The largest absolute Gasteiger partial charge is 0.508 e. The normalized spacial score (nSPS) is 15.8. The second-order valence-electron chi connectivity index (χ2n) is 9.28. The smallest absolute Gasteiger partial charge is 0.326 e. The first kappa shape index (κ1) is 31.4. The van der Waals surface area contributed by atoms with E-state index in [4.69, 9.17) is 11.5 Å². The van der Waals surface area contributed by atoms with Gasteiger partial charge in [-0.2, -0.15) is 0 Å². The molecule has 0 fully saturated rings. The van der Waals surface area contributed by atoms with Crippen LogP contribution >= 0.6 is 0 Å². The Morgan fingerprint density at radius 1 is 0.838 bits per heavy atom. The van der Waals surface area contributed by atoms with Crippen molar-refractivity contribution in [3.05, 3.63) is 29.8 Å². The lowest BCUT2D eigenvalue weighted by atomic mass is 9.96. The van der Waals surface area contributed by atoms with Gasteiger partial charge in [-0.25, -0.2) is 4.79 Å². The van der Waals surface area contributed by atoms with Gasteiger partial charge in [0.2, 0.25) is 23.6 Å². The maximum atomic E-state index is 13.4. The third-order valence-corrected chi connectivity index (χ3v) is 6.38. The number of carboxylic acid groups (broad SMARTS) is 1. The number of aromatic hydroxyl groups is 1. The van der Waals surface area contributed by atoms with Crippen molar-refractivity contribution in [3.8, 4) is 5.75 Å². The fourth-order valence-electron chi connectivity index (χ4n) is 3.48. The molecule has 0 saturated heterocycles. The zero-order valence-electron chi connectivity index (χ0n) is 21.7. The van der Waals surface area contributed by atoms with E-state index in [9.17, 15) is 34.2 Å². The van der Waals surface area contributed by atoms with Gasteiger partial charge >= 0.3 is 5.97 Å². The topological polar surface area (TPSA) is 214 Å². The van der Waals surface area contributed by atoms with E-state index in [0.29, 0.717) is 18.4 Å². The van der Waals surface area contributed by atoms with Crippen molar-refractivity contribution < 1.29 is 34.2 Å². The Morgan fingerprint density at radius 2 is 1.38 bits per heavy atom. The summed E-state index contributed by atoms with van der Waals surface area (Å²) in [6.45, 7) is 7.18. The maximum Gasteiger partial charge on any atom is 0.326 e. The number of carbonyl (C=O) groups is 5. The van der Waals surface area contributed by atoms with Crippen molar-refractivity contribution in [1.82, 2.24) is 16.0 Å². The number of amides is 4. The molecular formula is C25H39N5O7. The summed E-state index contributed by atoms with van der Waals surface area (Å²) in [5.74, 6) is -4.91. The van der Waals surface area contributed by atoms with Crippen LogP contribution in [0.2, 0.25) is 0 Å². The average molecular weight is 522 g/mol. The van der Waals surface area contributed by atoms with Gasteiger partial charge in [-0.05, 0) is 29.5 Å². The molecule has 12 heteroatoms. The van der Waals surface area contributed by atoms with Gasteiger partial charge in [0, 0.05) is 6.42 Å². The fraction of sp³-hybridized carbons (Fsp3) is 0.560. The highest BCUT2D eigenvalue weighted by molar-refractivity contribution is 5.95. The third-order valence-electron chi connectivity index (χ3n) is 6.38. The van der Waals surface area contributed by atoms with Crippen LogP contribution in [0.1, 0.15) is 52.5 Å². The number of nitrogens with one attached hydrogen (secondary N) is 3. The minimum Gasteiger partial charge on any atom is -0.508 e. The molecule has 0 radical (unpaired) electrons. The fourth-order valence-corrected chi connectivity index (χ4v) is 3.48. The molecule has 0 aromatic heterocycles. The highest BCUT2D eigenvalue weighted by atomic mass is 16.4. The summed E-state index contributed by atoms with van der Waals surface area (Å²) in [6.07, 6.45) is 0.532. The molecular weight excluding hydrogens is 482 g/mol. The molecule has 9 N–H and O–H groups in total. The SMILES string of the molecule is CCC(C)C(N)C(=O)NC(Cc1ccc(O)cc1)C(=O)NC(C(=O)NC(CC(N)=O)C(=O)O)C(C)CC. The maximum absolute atomic E-state index is 13.4. The zero-order valence-corrected chi connectivity index (χ0v) is 21.7. The van der Waals surface area contributed by atoms with Crippen LogP contribution in [0.5, 0.6) is 5.75 Å². The Bertz CT molecular complexity index is 953. The summed E-state index contributed by atoms with van der Waals surface area (Å²) in [5, 5.41) is 26.4. The lowest BCUT2D eigenvalue weighted by molar-refractivity contribution is -0.144. The highest BCUT2D eigenvalue weighted by Crippen LogP contribution is 2.14. The second-order valence-corrected chi connectivity index (χ2v) is 9.28. The van der Waals surface area contributed by atoms with Crippen LogP contribution in [-0.4, -0.2) is 64.0 Å². The number of phenols is 1. The molecule has 0 aliphatic carbocycles. The van der Waals surface area contributed by atoms with Crippen molar-refractivity contribution in [1.29, 1.82) is 0 Å². The summed E-state index contributed by atoms with van der Waals surface area (Å²) < 4.78 is 0. The van der Waals surface area contributed by atoms with Gasteiger partial charge in [-0.3, -0.25) is 19.2 Å². The lowest BCUT2D eigenvalue weighted by Crippen LogP contribution is -2.59. The van der Waals surface area contributed by atoms with Gasteiger partial charge in [-0.1, -0.05) is 52.7 Å². The molecule has 0 heterocycles. The number of carbonyl (C=O) groups excluding carboxylic acids is 4. The quantitative estimate of drug-likeness (QED) is 0.163. The number of benzene rings is 1. The van der Waals surface area contributed by atoms with Crippen LogP contribution in [0, 0.1) is 11.8 Å². The number of primary amides is 1. The molecule has 1 rings (SSSR count). The van der Waals surface area contributed by atoms with Crippen molar-refractivity contribution >= 4 is 29.6 Å². The van der Waals surface area contributed by atoms with Crippen LogP contribution < -0.4 is 27.4 Å². The monoisotopic (exact) mass is 521 g/mol. The van der Waals surface area contributed by atoms with Crippen molar-refractivity contribution in [2.24, 2.45) is 23.3 Å². The van der Waals surface area contributed by atoms with Crippen LogP contribution in [0.3, 0.4) is 0 Å². The van der Waals surface area contributed by atoms with Crippen LogP contribution in [0.15, 0.2) is 24.3 Å². The van der Waals surface area contributed by atoms with Crippen molar-refractivity contribution in [2.45, 2.75) is 77.5 Å². The molecule has 1 aromatic rings. The molecule has 0 spiro atoms. The molecule has 0 saturated carbocycles. The predicted octanol–water partition coefficient (Wildman–Crippen LogP) is -0.231. The van der Waals surface area contributed by atoms with E-state index in [2.05, 4.69) is 16.0 Å². The molecule has 37 heavy (non-hydrogen) atoms. The van der Waals surface area contributed by atoms with E-state index in [1.165, 1.54) is 12.1 Å². The summed E-state index contributed by atoms with van der Waals surface area (Å²) in [4.78, 5) is 61.8. The Morgan fingerprint density at radius 3 is 1.86 bits per heavy atom. The third kappa shape index (κ3) is 10.1. The number of phenolic OH excluding ortho intramolecular Hbond substituents is 1. The summed E-state index contributed by atoms with van der Waals surface area (Å²) in [6, 6.07) is 1.37. The highest BCUT2D eigenvalue weighted by Gasteiger charge is 2.33. The van der Waals surface area contributed by atoms with E-state index >= 15 is 0 Å². The molecule has 0 aliphatic heterocycles. The van der Waals surface area contributed by atoms with E-state index < -0.39 is 66.1 Å².